The second-order valence-corrected chi connectivity index (χ2v) is 6.54. The molecule has 1 aliphatic carbocycles. The normalized spacial score (nSPS) is 14.2. The van der Waals surface area contributed by atoms with Gasteiger partial charge in [-0.1, -0.05) is 0 Å². The van der Waals surface area contributed by atoms with Crippen LogP contribution < -0.4 is 5.32 Å². The van der Waals surface area contributed by atoms with Crippen LogP contribution in [0.4, 0.5) is 24.5 Å². The lowest BCUT2D eigenvalue weighted by atomic mass is 10.2. The maximum absolute atomic E-state index is 13.4. The molecule has 0 atom stereocenters. The molecule has 2 N–H and O–H groups in total. The molecule has 0 bridgehead atoms. The lowest BCUT2D eigenvalue weighted by Gasteiger charge is -2.11. The van der Waals surface area contributed by atoms with Gasteiger partial charge in [0.25, 0.3) is 11.6 Å². The molecule has 9 nitrogen and oxygen atoms in total. The number of phenols is 1. The molecule has 4 rings (SSSR count). The summed E-state index contributed by atoms with van der Waals surface area (Å²) >= 11 is 0. The second-order valence-electron chi connectivity index (χ2n) is 6.54. The van der Waals surface area contributed by atoms with Crippen LogP contribution in [0.25, 0.3) is 5.65 Å². The summed E-state index contributed by atoms with van der Waals surface area (Å²) in [4.78, 5) is 26.9. The van der Waals surface area contributed by atoms with Crippen LogP contribution >= 0.6 is 0 Å². The number of amides is 1. The third kappa shape index (κ3) is 3.44. The molecule has 0 saturated heterocycles. The Kier molecular flexibility index (Phi) is 4.14. The summed E-state index contributed by atoms with van der Waals surface area (Å²) in [5, 5.41) is 26.6. The number of non-ortho nitro benzene ring substituents is 1. The van der Waals surface area contributed by atoms with E-state index in [1.54, 1.807) is 0 Å². The van der Waals surface area contributed by atoms with Crippen LogP contribution in [-0.4, -0.2) is 30.5 Å². The highest BCUT2D eigenvalue weighted by molar-refractivity contribution is 6.08. The Labute approximate surface area is 159 Å². The highest BCUT2D eigenvalue weighted by Crippen LogP contribution is 2.41. The molecule has 1 aliphatic rings. The predicted molar refractivity (Wildman–Crippen MR) is 92.7 cm³/mol. The van der Waals surface area contributed by atoms with Gasteiger partial charge in [-0.2, -0.15) is 18.3 Å². The summed E-state index contributed by atoms with van der Waals surface area (Å²) in [7, 11) is 0. The van der Waals surface area contributed by atoms with Gasteiger partial charge < -0.3 is 10.4 Å². The minimum absolute atomic E-state index is 0.104. The first-order chi connectivity index (χ1) is 13.6. The number of aromatic nitrogens is 3. The third-order valence-electron chi connectivity index (χ3n) is 4.46. The summed E-state index contributed by atoms with van der Waals surface area (Å²) in [6.07, 6.45) is -2.36. The fourth-order valence-electron chi connectivity index (χ4n) is 2.86. The largest absolute Gasteiger partial charge is 0.506 e. The van der Waals surface area contributed by atoms with E-state index in [0.29, 0.717) is 17.4 Å². The van der Waals surface area contributed by atoms with Crippen molar-refractivity contribution in [3.05, 3.63) is 57.5 Å². The smallest absolute Gasteiger partial charge is 0.433 e. The number of alkyl halides is 3. The molecular formula is C17H12F3N5O4. The number of hydrogen-bond acceptors (Lipinski definition) is 6. The number of phenolic OH excluding ortho intramolecular Hbond substituents is 1. The number of halogens is 3. The van der Waals surface area contributed by atoms with Crippen LogP contribution in [0.15, 0.2) is 30.5 Å². The number of benzene rings is 1. The molecule has 29 heavy (non-hydrogen) atoms. The first-order valence-corrected chi connectivity index (χ1v) is 8.40. The second kappa shape index (κ2) is 6.43. The van der Waals surface area contributed by atoms with Gasteiger partial charge in [-0.05, 0) is 25.0 Å². The number of fused-ring (bicyclic) bond motifs is 1. The van der Waals surface area contributed by atoms with Crippen molar-refractivity contribution in [1.29, 1.82) is 0 Å². The molecule has 0 spiro atoms. The summed E-state index contributed by atoms with van der Waals surface area (Å²) < 4.78 is 40.8. The van der Waals surface area contributed by atoms with Crippen molar-refractivity contribution in [3.8, 4) is 5.75 Å². The van der Waals surface area contributed by atoms with Gasteiger partial charge in [0.15, 0.2) is 5.65 Å². The summed E-state index contributed by atoms with van der Waals surface area (Å²) in [5.41, 5.74) is -2.03. The van der Waals surface area contributed by atoms with Crippen LogP contribution in [-0.2, 0) is 6.18 Å². The van der Waals surface area contributed by atoms with E-state index in [2.05, 4.69) is 15.4 Å². The van der Waals surface area contributed by atoms with E-state index in [9.17, 15) is 33.2 Å². The number of hydrogen-bond donors (Lipinski definition) is 2. The van der Waals surface area contributed by atoms with E-state index >= 15 is 0 Å². The van der Waals surface area contributed by atoms with Gasteiger partial charge in [0, 0.05) is 23.7 Å². The summed E-state index contributed by atoms with van der Waals surface area (Å²) in [6.45, 7) is 0. The zero-order chi connectivity index (χ0) is 20.9. The number of carbonyl (C=O) groups is 1. The van der Waals surface area contributed by atoms with Crippen molar-refractivity contribution in [2.24, 2.45) is 0 Å². The maximum atomic E-state index is 13.4. The molecule has 0 radical (unpaired) electrons. The van der Waals surface area contributed by atoms with Crippen LogP contribution in [0.1, 0.15) is 40.5 Å². The number of aromatic hydroxyl groups is 1. The Morgan fingerprint density at radius 1 is 1.31 bits per heavy atom. The molecule has 3 aromatic rings. The molecule has 0 unspecified atom stereocenters. The van der Waals surface area contributed by atoms with Crippen molar-refractivity contribution in [1.82, 2.24) is 14.6 Å². The molecular weight excluding hydrogens is 395 g/mol. The molecule has 0 aliphatic heterocycles. The quantitative estimate of drug-likeness (QED) is 0.388. The first-order valence-electron chi connectivity index (χ1n) is 8.40. The number of anilines is 1. The molecule has 1 amide bonds. The van der Waals surface area contributed by atoms with E-state index in [1.165, 1.54) is 0 Å². The summed E-state index contributed by atoms with van der Waals surface area (Å²) in [5.74, 6) is -1.46. The number of nitrogens with zero attached hydrogens (tertiary/aromatic N) is 4. The number of nitrogens with one attached hydrogen (secondary N) is 1. The molecule has 150 valence electrons. The summed E-state index contributed by atoms with van der Waals surface area (Å²) in [6, 6.07) is 3.92. The topological polar surface area (TPSA) is 123 Å². The van der Waals surface area contributed by atoms with Crippen LogP contribution in [0.5, 0.6) is 5.75 Å². The van der Waals surface area contributed by atoms with E-state index in [4.69, 9.17) is 0 Å². The molecule has 12 heteroatoms. The Balaban J connectivity index is 1.76. The van der Waals surface area contributed by atoms with Gasteiger partial charge in [-0.25, -0.2) is 9.50 Å². The standard InChI is InChI=1S/C17H12F3N5O4/c18-17(19,20)14-6-11(8-1-2-8)22-15-10(7-21-24(14)15)16(27)23-12-5-9(25(28)29)3-4-13(12)26/h3-8,26H,1-2H2,(H,23,27). The van der Waals surface area contributed by atoms with Crippen molar-refractivity contribution in [2.45, 2.75) is 24.9 Å². The van der Waals surface area contributed by atoms with Crippen molar-refractivity contribution >= 4 is 22.9 Å². The third-order valence-corrected chi connectivity index (χ3v) is 4.46. The highest BCUT2D eigenvalue weighted by Gasteiger charge is 2.38. The number of nitro benzene ring substituents is 1. The van der Waals surface area contributed by atoms with Gasteiger partial charge >= 0.3 is 6.18 Å². The Bertz CT molecular complexity index is 1150. The molecule has 1 fully saturated rings. The highest BCUT2D eigenvalue weighted by atomic mass is 19.4. The molecule has 2 aromatic heterocycles. The Morgan fingerprint density at radius 3 is 2.66 bits per heavy atom. The van der Waals surface area contributed by atoms with E-state index in [1.807, 2.05) is 0 Å². The number of nitro groups is 1. The fraction of sp³-hybridized carbons (Fsp3) is 0.235. The lowest BCUT2D eigenvalue weighted by Crippen LogP contribution is -2.16. The van der Waals surface area contributed by atoms with Crippen molar-refractivity contribution in [2.75, 3.05) is 5.32 Å². The van der Waals surface area contributed by atoms with Gasteiger partial charge in [0.2, 0.25) is 0 Å². The predicted octanol–water partition coefficient (Wildman–Crippen LogP) is 3.49. The van der Waals surface area contributed by atoms with Crippen LogP contribution in [0.3, 0.4) is 0 Å². The van der Waals surface area contributed by atoms with Crippen LogP contribution in [0.2, 0.25) is 0 Å². The molecule has 1 aromatic carbocycles. The maximum Gasteiger partial charge on any atom is 0.433 e. The fourth-order valence-corrected chi connectivity index (χ4v) is 2.86. The van der Waals surface area contributed by atoms with Crippen LogP contribution in [0, 0.1) is 10.1 Å². The number of rotatable bonds is 4. The van der Waals surface area contributed by atoms with Crippen molar-refractivity contribution in [3.63, 3.8) is 0 Å². The molecule has 2 heterocycles. The SMILES string of the molecule is O=C(Nc1cc([N+](=O)[O-])ccc1O)c1cnn2c(C(F)(F)F)cc(C3CC3)nc12. The average Bonchev–Trinajstić information content (AvgIpc) is 3.40. The monoisotopic (exact) mass is 407 g/mol. The van der Waals surface area contributed by atoms with E-state index in [0.717, 1.165) is 30.5 Å². The number of carbonyl (C=O) groups excluding carboxylic acids is 1. The van der Waals surface area contributed by atoms with Gasteiger partial charge in [0.05, 0.1) is 16.8 Å². The Hall–Kier alpha value is -3.70. The zero-order valence-corrected chi connectivity index (χ0v) is 14.5. The average molecular weight is 407 g/mol. The molecule has 1 saturated carbocycles. The first kappa shape index (κ1) is 18.7. The van der Waals surface area contributed by atoms with Gasteiger partial charge in [0.1, 0.15) is 17.0 Å². The van der Waals surface area contributed by atoms with Crippen molar-refractivity contribution < 1.29 is 28.0 Å². The van der Waals surface area contributed by atoms with Gasteiger partial charge in [-0.15, -0.1) is 0 Å². The minimum Gasteiger partial charge on any atom is -0.506 e. The lowest BCUT2D eigenvalue weighted by molar-refractivity contribution is -0.384. The Morgan fingerprint density at radius 2 is 2.03 bits per heavy atom. The zero-order valence-electron chi connectivity index (χ0n) is 14.5. The van der Waals surface area contributed by atoms with Gasteiger partial charge in [-0.3, -0.25) is 14.9 Å². The van der Waals surface area contributed by atoms with E-state index in [-0.39, 0.29) is 34.2 Å². The van der Waals surface area contributed by atoms with E-state index < -0.39 is 28.5 Å². The minimum atomic E-state index is -4.71.